The number of methoxy groups -OCH3 is 1. The number of fused-ring (bicyclic) bond motifs is 1. The molecule has 0 saturated heterocycles. The van der Waals surface area contributed by atoms with Gasteiger partial charge in [0.1, 0.15) is 5.75 Å². The summed E-state index contributed by atoms with van der Waals surface area (Å²) < 4.78 is 6.21. The third kappa shape index (κ3) is 2.47. The molecule has 1 N–H and O–H groups in total. The minimum atomic E-state index is 0.0134. The fourth-order valence-electron chi connectivity index (χ4n) is 2.44. The number of hydrogen-bond acceptors (Lipinski definition) is 2. The second-order valence-corrected chi connectivity index (χ2v) is 5.82. The van der Waals surface area contributed by atoms with Crippen LogP contribution in [0.5, 0.6) is 5.75 Å². The molecule has 0 fully saturated rings. The number of benzene rings is 2. The van der Waals surface area contributed by atoms with E-state index in [2.05, 4.69) is 20.9 Å². The molecule has 0 atom stereocenters. The lowest BCUT2D eigenvalue weighted by Gasteiger charge is -2.05. The molecule has 3 rings (SSSR count). The van der Waals surface area contributed by atoms with Gasteiger partial charge in [0, 0.05) is 32.7 Å². The summed E-state index contributed by atoms with van der Waals surface area (Å²) in [7, 11) is 1.62. The van der Waals surface area contributed by atoms with E-state index in [1.165, 1.54) is 0 Å². The van der Waals surface area contributed by atoms with Gasteiger partial charge >= 0.3 is 0 Å². The average molecular weight is 344 g/mol. The molecule has 3 nitrogen and oxygen atoms in total. The van der Waals surface area contributed by atoms with Gasteiger partial charge in [-0.3, -0.25) is 4.79 Å². The van der Waals surface area contributed by atoms with Crippen LogP contribution in [0.4, 0.5) is 0 Å². The van der Waals surface area contributed by atoms with Crippen molar-refractivity contribution in [1.29, 1.82) is 0 Å². The van der Waals surface area contributed by atoms with Crippen LogP contribution in [0, 0.1) is 6.92 Å². The van der Waals surface area contributed by atoms with Crippen LogP contribution in [0.1, 0.15) is 21.5 Å². The van der Waals surface area contributed by atoms with Gasteiger partial charge in [-0.1, -0.05) is 15.9 Å². The Bertz CT molecular complexity index is 836. The van der Waals surface area contributed by atoms with E-state index in [-0.39, 0.29) is 5.78 Å². The fraction of sp³-hybridized carbons (Fsp3) is 0.118. The highest BCUT2D eigenvalue weighted by Crippen LogP contribution is 2.27. The molecule has 0 amide bonds. The predicted molar refractivity (Wildman–Crippen MR) is 87.2 cm³/mol. The van der Waals surface area contributed by atoms with Crippen LogP contribution in [0.3, 0.4) is 0 Å². The number of nitrogens with one attached hydrogen (secondary N) is 1. The van der Waals surface area contributed by atoms with Crippen molar-refractivity contribution in [2.45, 2.75) is 6.92 Å². The number of aromatic amines is 1. The molecule has 0 bridgehead atoms. The summed E-state index contributed by atoms with van der Waals surface area (Å²) in [5.74, 6) is 0.753. The number of halogens is 1. The van der Waals surface area contributed by atoms with Gasteiger partial charge in [0.2, 0.25) is 0 Å². The summed E-state index contributed by atoms with van der Waals surface area (Å²) >= 11 is 3.42. The summed E-state index contributed by atoms with van der Waals surface area (Å²) in [6.45, 7) is 1.94. The molecule has 3 aromatic rings. The third-order valence-electron chi connectivity index (χ3n) is 3.57. The predicted octanol–water partition coefficient (Wildman–Crippen LogP) is 4.48. The molecule has 0 unspecified atom stereocenters. The number of carbonyl (C=O) groups excluding carboxylic acids is 1. The Labute approximate surface area is 131 Å². The molecule has 0 radical (unpaired) electrons. The van der Waals surface area contributed by atoms with Crippen LogP contribution >= 0.6 is 15.9 Å². The molecule has 2 aromatic carbocycles. The van der Waals surface area contributed by atoms with Gasteiger partial charge < -0.3 is 9.72 Å². The molecular formula is C17H14BrNO2. The zero-order valence-corrected chi connectivity index (χ0v) is 13.3. The first-order valence-electron chi connectivity index (χ1n) is 6.56. The Morgan fingerprint density at radius 2 is 1.95 bits per heavy atom. The monoisotopic (exact) mass is 343 g/mol. The molecular weight excluding hydrogens is 330 g/mol. The zero-order chi connectivity index (χ0) is 15.0. The van der Waals surface area contributed by atoms with Crippen LogP contribution in [0.2, 0.25) is 0 Å². The summed E-state index contributed by atoms with van der Waals surface area (Å²) in [5, 5.41) is 0.877. The second-order valence-electron chi connectivity index (χ2n) is 4.90. The van der Waals surface area contributed by atoms with Crippen LogP contribution < -0.4 is 4.74 Å². The van der Waals surface area contributed by atoms with E-state index >= 15 is 0 Å². The maximum absolute atomic E-state index is 12.8. The van der Waals surface area contributed by atoms with Gasteiger partial charge in [0.25, 0.3) is 0 Å². The van der Waals surface area contributed by atoms with Crippen LogP contribution in [-0.2, 0) is 0 Å². The van der Waals surface area contributed by atoms with Crippen molar-refractivity contribution in [3.05, 3.63) is 63.8 Å². The molecule has 21 heavy (non-hydrogen) atoms. The summed E-state index contributed by atoms with van der Waals surface area (Å²) in [4.78, 5) is 15.9. The van der Waals surface area contributed by atoms with Crippen molar-refractivity contribution >= 4 is 32.6 Å². The van der Waals surface area contributed by atoms with Crippen molar-refractivity contribution in [2.75, 3.05) is 7.11 Å². The Morgan fingerprint density at radius 1 is 1.14 bits per heavy atom. The van der Waals surface area contributed by atoms with Crippen molar-refractivity contribution in [3.8, 4) is 5.75 Å². The van der Waals surface area contributed by atoms with E-state index in [1.807, 2.05) is 43.3 Å². The maximum atomic E-state index is 12.8. The largest absolute Gasteiger partial charge is 0.497 e. The standard InChI is InChI=1S/C17H14BrNO2/c1-10-7-11(18)3-5-13(10)17(20)15-9-19-16-6-4-12(21-2)8-14(15)16/h3-9,19H,1-2H3. The highest BCUT2D eigenvalue weighted by molar-refractivity contribution is 9.10. The highest BCUT2D eigenvalue weighted by Gasteiger charge is 2.16. The number of ketones is 1. The minimum Gasteiger partial charge on any atom is -0.497 e. The van der Waals surface area contributed by atoms with Gasteiger partial charge in [-0.05, 0) is 48.9 Å². The van der Waals surface area contributed by atoms with Crippen molar-refractivity contribution in [2.24, 2.45) is 0 Å². The van der Waals surface area contributed by atoms with Gasteiger partial charge in [-0.15, -0.1) is 0 Å². The molecule has 0 spiro atoms. The van der Waals surface area contributed by atoms with Crippen LogP contribution in [0.25, 0.3) is 10.9 Å². The van der Waals surface area contributed by atoms with Crippen molar-refractivity contribution < 1.29 is 9.53 Å². The second kappa shape index (κ2) is 5.37. The van der Waals surface area contributed by atoms with E-state index in [0.29, 0.717) is 11.1 Å². The maximum Gasteiger partial charge on any atom is 0.195 e. The number of H-pyrrole nitrogens is 1. The SMILES string of the molecule is COc1ccc2[nH]cc(C(=O)c3ccc(Br)cc3C)c2c1. The van der Waals surface area contributed by atoms with E-state index in [0.717, 1.165) is 26.7 Å². The van der Waals surface area contributed by atoms with Crippen molar-refractivity contribution in [3.63, 3.8) is 0 Å². The number of aryl methyl sites for hydroxylation is 1. The number of carbonyl (C=O) groups is 1. The highest BCUT2D eigenvalue weighted by atomic mass is 79.9. The molecule has 106 valence electrons. The Kier molecular flexibility index (Phi) is 3.55. The summed E-state index contributed by atoms with van der Waals surface area (Å²) in [6, 6.07) is 11.4. The van der Waals surface area contributed by atoms with Crippen LogP contribution in [-0.4, -0.2) is 17.9 Å². The number of ether oxygens (including phenoxy) is 1. The molecule has 1 aromatic heterocycles. The normalized spacial score (nSPS) is 10.8. The number of hydrogen-bond donors (Lipinski definition) is 1. The topological polar surface area (TPSA) is 42.1 Å². The lowest BCUT2D eigenvalue weighted by atomic mass is 9.99. The number of aromatic nitrogens is 1. The van der Waals surface area contributed by atoms with E-state index < -0.39 is 0 Å². The molecule has 0 aliphatic carbocycles. The quantitative estimate of drug-likeness (QED) is 0.712. The Balaban J connectivity index is 2.13. The first-order chi connectivity index (χ1) is 10.1. The molecule has 1 heterocycles. The zero-order valence-electron chi connectivity index (χ0n) is 11.7. The lowest BCUT2D eigenvalue weighted by Crippen LogP contribution is -2.03. The number of rotatable bonds is 3. The third-order valence-corrected chi connectivity index (χ3v) is 4.06. The van der Waals surface area contributed by atoms with E-state index in [1.54, 1.807) is 13.3 Å². The first-order valence-corrected chi connectivity index (χ1v) is 7.35. The van der Waals surface area contributed by atoms with Gasteiger partial charge in [0.05, 0.1) is 7.11 Å². The van der Waals surface area contributed by atoms with Crippen molar-refractivity contribution in [1.82, 2.24) is 4.98 Å². The van der Waals surface area contributed by atoms with E-state index in [4.69, 9.17) is 4.74 Å². The fourth-order valence-corrected chi connectivity index (χ4v) is 2.92. The molecule has 0 aliphatic heterocycles. The lowest BCUT2D eigenvalue weighted by molar-refractivity contribution is 0.104. The first kappa shape index (κ1) is 13.9. The van der Waals surface area contributed by atoms with Gasteiger partial charge in [-0.2, -0.15) is 0 Å². The molecule has 0 aliphatic rings. The van der Waals surface area contributed by atoms with Crippen LogP contribution in [0.15, 0.2) is 47.1 Å². The van der Waals surface area contributed by atoms with Gasteiger partial charge in [-0.25, -0.2) is 0 Å². The Hall–Kier alpha value is -2.07. The molecule has 0 saturated carbocycles. The van der Waals surface area contributed by atoms with Gasteiger partial charge in [0.15, 0.2) is 5.78 Å². The minimum absolute atomic E-state index is 0.0134. The average Bonchev–Trinajstić information content (AvgIpc) is 2.89. The molecule has 4 heteroatoms. The summed E-state index contributed by atoms with van der Waals surface area (Å²) in [5.41, 5.74) is 3.25. The van der Waals surface area contributed by atoms with E-state index in [9.17, 15) is 4.79 Å². The smallest absolute Gasteiger partial charge is 0.195 e. The summed E-state index contributed by atoms with van der Waals surface area (Å²) in [6.07, 6.45) is 1.76. The Morgan fingerprint density at radius 3 is 2.67 bits per heavy atom.